The molecule has 0 saturated heterocycles. The van der Waals surface area contributed by atoms with Crippen LogP contribution in [0.3, 0.4) is 0 Å². The molecule has 0 radical (unpaired) electrons. The Bertz CT molecular complexity index is 436. The minimum Gasteiger partial charge on any atom is -0.480 e. The van der Waals surface area contributed by atoms with Crippen LogP contribution < -0.4 is 0 Å². The van der Waals surface area contributed by atoms with Crippen molar-refractivity contribution in [2.45, 2.75) is 142 Å². The summed E-state index contributed by atoms with van der Waals surface area (Å²) in [5.41, 5.74) is 0. The minimum absolute atomic E-state index is 0.306. The molecule has 0 aromatic carbocycles. The van der Waals surface area contributed by atoms with E-state index in [1.165, 1.54) is 77.0 Å². The second kappa shape index (κ2) is 24.6. The molecule has 0 rings (SSSR count). The van der Waals surface area contributed by atoms with Crippen molar-refractivity contribution in [1.82, 2.24) is 0 Å². The Labute approximate surface area is 216 Å². The van der Waals surface area contributed by atoms with Crippen LogP contribution in [0.1, 0.15) is 130 Å². The fourth-order valence-corrected chi connectivity index (χ4v) is 8.26. The summed E-state index contributed by atoms with van der Waals surface area (Å²) in [6.45, 7) is 9.90. The first-order valence-electron chi connectivity index (χ1n) is 14.3. The SMILES string of the molecule is CCCCCCCCCCCCCCCCC(SCCC[Si](OCC)(OCC)OCC)C(=O)O. The van der Waals surface area contributed by atoms with Gasteiger partial charge in [0, 0.05) is 25.9 Å². The van der Waals surface area contributed by atoms with E-state index in [1.54, 1.807) is 11.8 Å². The quantitative estimate of drug-likeness (QED) is 0.0865. The second-order valence-corrected chi connectivity index (χ2v) is 13.2. The lowest BCUT2D eigenvalue weighted by molar-refractivity contribution is -0.136. The first-order valence-corrected chi connectivity index (χ1v) is 17.3. The average Bonchev–Trinajstić information content (AvgIpc) is 2.81. The maximum atomic E-state index is 11.7. The van der Waals surface area contributed by atoms with E-state index in [9.17, 15) is 9.90 Å². The zero-order chi connectivity index (χ0) is 25.3. The van der Waals surface area contributed by atoms with Crippen LogP contribution in [0.25, 0.3) is 0 Å². The number of rotatable bonds is 27. The molecule has 7 heteroatoms. The molecule has 1 N–H and O–H groups in total. The number of carboxylic acids is 1. The van der Waals surface area contributed by atoms with Gasteiger partial charge in [-0.2, -0.15) is 0 Å². The van der Waals surface area contributed by atoms with Crippen LogP contribution in [0.5, 0.6) is 0 Å². The van der Waals surface area contributed by atoms with Crippen LogP contribution in [-0.4, -0.2) is 50.7 Å². The molecule has 5 nitrogen and oxygen atoms in total. The van der Waals surface area contributed by atoms with Crippen molar-refractivity contribution in [2.75, 3.05) is 25.6 Å². The predicted molar refractivity (Wildman–Crippen MR) is 149 cm³/mol. The highest BCUT2D eigenvalue weighted by Gasteiger charge is 2.39. The summed E-state index contributed by atoms with van der Waals surface area (Å²) in [6, 6.07) is 0.751. The number of hydrogen-bond donors (Lipinski definition) is 1. The predicted octanol–water partition coefficient (Wildman–Crippen LogP) is 8.48. The fraction of sp³-hybridized carbons (Fsp3) is 0.963. The standard InChI is InChI=1S/C27H56O5SSi/c1-5-9-10-11-12-13-14-15-16-17-18-19-20-21-23-26(27(28)29)33-24-22-25-34(30-6-2,31-7-3)32-8-4/h26H,5-25H2,1-4H3,(H,28,29). The summed E-state index contributed by atoms with van der Waals surface area (Å²) in [5, 5.41) is 9.30. The molecular weight excluding hydrogens is 464 g/mol. The summed E-state index contributed by atoms with van der Waals surface area (Å²) >= 11 is 1.57. The van der Waals surface area contributed by atoms with Gasteiger partial charge in [0.05, 0.1) is 0 Å². The lowest BCUT2D eigenvalue weighted by Crippen LogP contribution is -2.46. The maximum absolute atomic E-state index is 11.7. The summed E-state index contributed by atoms with van der Waals surface area (Å²) in [5.74, 6) is 0.125. The molecule has 0 aromatic rings. The number of aliphatic carboxylic acids is 1. The van der Waals surface area contributed by atoms with Gasteiger partial charge in [-0.25, -0.2) is 0 Å². The van der Waals surface area contributed by atoms with Gasteiger partial charge in [0.25, 0.3) is 0 Å². The molecule has 34 heavy (non-hydrogen) atoms. The Balaban J connectivity index is 3.85. The van der Waals surface area contributed by atoms with Gasteiger partial charge in [-0.15, -0.1) is 11.8 Å². The monoisotopic (exact) mass is 520 g/mol. The summed E-state index contributed by atoms with van der Waals surface area (Å²) in [4.78, 5) is 11.7. The number of thioether (sulfide) groups is 1. The molecule has 0 spiro atoms. The van der Waals surface area contributed by atoms with Gasteiger partial charge in [0.1, 0.15) is 5.25 Å². The normalized spacial score (nSPS) is 12.8. The number of carbonyl (C=O) groups is 1. The molecule has 1 unspecified atom stereocenters. The molecule has 204 valence electrons. The summed E-state index contributed by atoms with van der Waals surface area (Å²) in [7, 11) is -2.62. The molecule has 0 amide bonds. The highest BCUT2D eigenvalue weighted by Crippen LogP contribution is 2.24. The number of carboxylic acid groups (broad SMARTS) is 1. The first kappa shape index (κ1) is 33.9. The van der Waals surface area contributed by atoms with Crippen molar-refractivity contribution in [3.05, 3.63) is 0 Å². The third kappa shape index (κ3) is 19.1. The Morgan fingerprint density at radius 1 is 0.676 bits per heavy atom. The van der Waals surface area contributed by atoms with E-state index in [4.69, 9.17) is 13.3 Å². The average molecular weight is 521 g/mol. The number of hydrogen-bond acceptors (Lipinski definition) is 5. The van der Waals surface area contributed by atoms with Crippen LogP contribution in [0, 0.1) is 0 Å². The smallest absolute Gasteiger partial charge is 0.480 e. The van der Waals surface area contributed by atoms with Crippen molar-refractivity contribution in [2.24, 2.45) is 0 Å². The highest BCUT2D eigenvalue weighted by molar-refractivity contribution is 8.00. The lowest BCUT2D eigenvalue weighted by atomic mass is 10.0. The van der Waals surface area contributed by atoms with Crippen molar-refractivity contribution < 1.29 is 23.2 Å². The molecule has 1 atom stereocenters. The van der Waals surface area contributed by atoms with Gasteiger partial charge in [0.2, 0.25) is 0 Å². The van der Waals surface area contributed by atoms with Crippen LogP contribution in [0.4, 0.5) is 0 Å². The fourth-order valence-electron chi connectivity index (χ4n) is 4.32. The molecular formula is C27H56O5SSi. The topological polar surface area (TPSA) is 65.0 Å². The largest absolute Gasteiger partial charge is 0.500 e. The van der Waals surface area contributed by atoms with Crippen LogP contribution in [0.15, 0.2) is 0 Å². The summed E-state index contributed by atoms with van der Waals surface area (Å²) in [6.07, 6.45) is 20.2. The van der Waals surface area contributed by atoms with Crippen molar-refractivity contribution in [1.29, 1.82) is 0 Å². The number of unbranched alkanes of at least 4 members (excludes halogenated alkanes) is 13. The van der Waals surface area contributed by atoms with E-state index in [2.05, 4.69) is 6.92 Å². The van der Waals surface area contributed by atoms with Crippen LogP contribution in [-0.2, 0) is 18.1 Å². The van der Waals surface area contributed by atoms with Crippen molar-refractivity contribution in [3.8, 4) is 0 Å². The zero-order valence-electron chi connectivity index (χ0n) is 22.9. The molecule has 0 aliphatic carbocycles. The third-order valence-corrected chi connectivity index (χ3v) is 10.6. The Kier molecular flexibility index (Phi) is 24.5. The van der Waals surface area contributed by atoms with Crippen molar-refractivity contribution >= 4 is 26.5 Å². The van der Waals surface area contributed by atoms with Crippen LogP contribution in [0.2, 0.25) is 6.04 Å². The molecule has 0 aromatic heterocycles. The van der Waals surface area contributed by atoms with E-state index in [1.807, 2.05) is 20.8 Å². The van der Waals surface area contributed by atoms with Gasteiger partial charge in [-0.05, 0) is 39.4 Å². The van der Waals surface area contributed by atoms with Gasteiger partial charge < -0.3 is 18.4 Å². The molecule has 0 saturated carbocycles. The third-order valence-electron chi connectivity index (χ3n) is 6.13. The van der Waals surface area contributed by atoms with Gasteiger partial charge in [-0.1, -0.05) is 96.8 Å². The highest BCUT2D eigenvalue weighted by atomic mass is 32.2. The van der Waals surface area contributed by atoms with Gasteiger partial charge in [-0.3, -0.25) is 4.79 Å². The molecule has 0 aliphatic heterocycles. The Morgan fingerprint density at radius 3 is 1.47 bits per heavy atom. The van der Waals surface area contributed by atoms with E-state index in [-0.39, 0.29) is 5.25 Å². The van der Waals surface area contributed by atoms with E-state index in [0.29, 0.717) is 19.8 Å². The molecule has 0 heterocycles. The zero-order valence-corrected chi connectivity index (χ0v) is 24.7. The lowest BCUT2D eigenvalue weighted by Gasteiger charge is -2.28. The Morgan fingerprint density at radius 2 is 1.09 bits per heavy atom. The van der Waals surface area contributed by atoms with E-state index >= 15 is 0 Å². The van der Waals surface area contributed by atoms with E-state index < -0.39 is 14.8 Å². The van der Waals surface area contributed by atoms with Gasteiger partial charge in [0.15, 0.2) is 0 Å². The Hall–Kier alpha value is -0.0831. The molecule has 0 fully saturated rings. The summed E-state index contributed by atoms with van der Waals surface area (Å²) < 4.78 is 17.7. The van der Waals surface area contributed by atoms with Crippen LogP contribution >= 0.6 is 11.8 Å². The minimum atomic E-state index is -2.62. The second-order valence-electron chi connectivity index (χ2n) is 9.17. The van der Waals surface area contributed by atoms with E-state index in [0.717, 1.165) is 37.5 Å². The first-order chi connectivity index (χ1) is 16.5. The maximum Gasteiger partial charge on any atom is 0.500 e. The van der Waals surface area contributed by atoms with Gasteiger partial charge >= 0.3 is 14.8 Å². The van der Waals surface area contributed by atoms with Crippen molar-refractivity contribution in [3.63, 3.8) is 0 Å². The molecule has 0 bridgehead atoms. The molecule has 0 aliphatic rings.